The number of benzene rings is 2. The van der Waals surface area contributed by atoms with Gasteiger partial charge in [-0.3, -0.25) is 19.1 Å². The van der Waals surface area contributed by atoms with E-state index in [4.69, 9.17) is 9.47 Å². The quantitative estimate of drug-likeness (QED) is 0.264. The van der Waals surface area contributed by atoms with Crippen LogP contribution in [0.2, 0.25) is 0 Å². The molecule has 0 radical (unpaired) electrons. The fraction of sp³-hybridized carbons (Fsp3) is 0.103. The van der Waals surface area contributed by atoms with Gasteiger partial charge in [0.05, 0.1) is 24.4 Å². The van der Waals surface area contributed by atoms with E-state index in [1.165, 1.54) is 66.7 Å². The Kier molecular flexibility index (Phi) is 6.66. The normalized spacial score (nSPS) is 10.9. The monoisotopic (exact) mass is 513 g/mol. The summed E-state index contributed by atoms with van der Waals surface area (Å²) in [4.78, 5) is 34.8. The summed E-state index contributed by atoms with van der Waals surface area (Å²) < 4.78 is 40.5. The van der Waals surface area contributed by atoms with E-state index in [2.05, 4.69) is 9.97 Å². The molecule has 9 heteroatoms. The summed E-state index contributed by atoms with van der Waals surface area (Å²) in [6.07, 6.45) is 4.36. The van der Waals surface area contributed by atoms with Gasteiger partial charge in [-0.15, -0.1) is 0 Å². The number of carbonyl (C=O) groups is 1. The zero-order chi connectivity index (χ0) is 26.8. The van der Waals surface area contributed by atoms with Crippen molar-refractivity contribution in [3.63, 3.8) is 0 Å². The molecule has 0 fully saturated rings. The van der Waals surface area contributed by atoms with E-state index in [1.807, 2.05) is 0 Å². The fourth-order valence-electron chi connectivity index (χ4n) is 4.08. The molecule has 190 valence electrons. The summed E-state index contributed by atoms with van der Waals surface area (Å²) in [6, 6.07) is 14.4. The minimum Gasteiger partial charge on any atom is -0.495 e. The average Bonchev–Trinajstić information content (AvgIpc) is 2.91. The SMILES string of the molecule is COc1cnc2c(Oc3ccc(CC(=O)c4c(C)ccn(-c5ccc(F)cc5)c4=O)cc3F)ccnc2c1. The molecule has 38 heavy (non-hydrogen) atoms. The molecular formula is C29H21F2N3O4. The largest absolute Gasteiger partial charge is 0.495 e. The van der Waals surface area contributed by atoms with E-state index in [0.717, 1.165) is 0 Å². The Morgan fingerprint density at radius 2 is 1.76 bits per heavy atom. The van der Waals surface area contributed by atoms with Gasteiger partial charge in [0.1, 0.15) is 17.1 Å². The Morgan fingerprint density at radius 3 is 2.50 bits per heavy atom. The van der Waals surface area contributed by atoms with Crippen molar-refractivity contribution in [2.24, 2.45) is 0 Å². The van der Waals surface area contributed by atoms with Crippen LogP contribution in [0.25, 0.3) is 16.7 Å². The molecule has 0 aliphatic carbocycles. The van der Waals surface area contributed by atoms with Crippen LogP contribution in [0.5, 0.6) is 17.2 Å². The van der Waals surface area contributed by atoms with Crippen LogP contribution in [-0.4, -0.2) is 27.4 Å². The van der Waals surface area contributed by atoms with Crippen molar-refractivity contribution >= 4 is 16.8 Å². The summed E-state index contributed by atoms with van der Waals surface area (Å²) in [6.45, 7) is 1.66. The lowest BCUT2D eigenvalue weighted by atomic mass is 10.0. The number of ether oxygens (including phenoxy) is 2. The van der Waals surface area contributed by atoms with Crippen molar-refractivity contribution in [2.45, 2.75) is 13.3 Å². The first kappa shape index (κ1) is 24.8. The Labute approximate surface area is 215 Å². The number of aromatic nitrogens is 3. The van der Waals surface area contributed by atoms with Gasteiger partial charge in [0, 0.05) is 36.6 Å². The molecule has 3 aromatic heterocycles. The van der Waals surface area contributed by atoms with E-state index in [-0.39, 0.29) is 17.7 Å². The Hall–Kier alpha value is -4.92. The number of methoxy groups -OCH3 is 1. The van der Waals surface area contributed by atoms with Crippen LogP contribution >= 0.6 is 0 Å². The third kappa shape index (κ3) is 4.86. The fourth-order valence-corrected chi connectivity index (χ4v) is 4.08. The topological polar surface area (TPSA) is 83.3 Å². The molecule has 0 unspecified atom stereocenters. The Morgan fingerprint density at radius 1 is 0.974 bits per heavy atom. The van der Waals surface area contributed by atoms with Crippen molar-refractivity contribution in [2.75, 3.05) is 7.11 Å². The van der Waals surface area contributed by atoms with Gasteiger partial charge in [-0.2, -0.15) is 0 Å². The van der Waals surface area contributed by atoms with Crippen LogP contribution in [0.15, 0.2) is 84.0 Å². The predicted octanol–water partition coefficient (Wildman–Crippen LogP) is 5.59. The first-order valence-electron chi connectivity index (χ1n) is 11.6. The predicted molar refractivity (Wildman–Crippen MR) is 137 cm³/mol. The van der Waals surface area contributed by atoms with Crippen LogP contribution < -0.4 is 15.0 Å². The summed E-state index contributed by atoms with van der Waals surface area (Å²) in [5.41, 5.74) is 1.70. The number of ketones is 1. The number of carbonyl (C=O) groups excluding carboxylic acids is 1. The molecule has 0 spiro atoms. The highest BCUT2D eigenvalue weighted by atomic mass is 19.1. The molecule has 0 aliphatic heterocycles. The molecule has 3 heterocycles. The molecule has 0 amide bonds. The number of halogens is 2. The molecule has 0 saturated heterocycles. The highest BCUT2D eigenvalue weighted by Gasteiger charge is 2.18. The van der Waals surface area contributed by atoms with Gasteiger partial charge in [-0.05, 0) is 60.5 Å². The summed E-state index contributed by atoms with van der Waals surface area (Å²) in [5, 5.41) is 0. The van der Waals surface area contributed by atoms with Gasteiger partial charge in [0.2, 0.25) is 0 Å². The molecule has 5 rings (SSSR count). The molecule has 5 aromatic rings. The number of Topliss-reactive ketones (excluding diaryl/α,β-unsaturated/α-hetero) is 1. The minimum absolute atomic E-state index is 0.0117. The lowest BCUT2D eigenvalue weighted by Gasteiger charge is -2.12. The molecule has 7 nitrogen and oxygen atoms in total. The smallest absolute Gasteiger partial charge is 0.266 e. The third-order valence-electron chi connectivity index (χ3n) is 6.02. The number of nitrogens with zero attached hydrogens (tertiary/aromatic N) is 3. The standard InChI is InChI=1S/C29H21F2N3O4/c1-17-10-12-34(20-6-4-19(30)5-7-20)29(36)27(17)24(35)14-18-3-8-25(22(31)13-18)38-26-9-11-32-23-15-21(37-2)16-33-28(23)26/h3-13,15-16H,14H2,1-2H3. The van der Waals surface area contributed by atoms with Gasteiger partial charge in [-0.1, -0.05) is 6.07 Å². The lowest BCUT2D eigenvalue weighted by molar-refractivity contribution is 0.0990. The molecule has 0 aliphatic rings. The Balaban J connectivity index is 1.39. The van der Waals surface area contributed by atoms with Crippen LogP contribution in [0.3, 0.4) is 0 Å². The van der Waals surface area contributed by atoms with E-state index in [0.29, 0.717) is 39.3 Å². The maximum atomic E-state index is 15.0. The number of pyridine rings is 3. The first-order valence-corrected chi connectivity index (χ1v) is 11.6. The van der Waals surface area contributed by atoms with E-state index in [9.17, 15) is 18.4 Å². The second-order valence-corrected chi connectivity index (χ2v) is 8.54. The van der Waals surface area contributed by atoms with Crippen molar-refractivity contribution in [3.8, 4) is 22.9 Å². The average molecular weight is 514 g/mol. The van der Waals surface area contributed by atoms with Gasteiger partial charge >= 0.3 is 0 Å². The number of hydrogen-bond acceptors (Lipinski definition) is 6. The minimum atomic E-state index is -0.678. The van der Waals surface area contributed by atoms with Gasteiger partial charge in [-0.25, -0.2) is 13.8 Å². The summed E-state index contributed by atoms with van der Waals surface area (Å²) in [7, 11) is 1.52. The zero-order valence-electron chi connectivity index (χ0n) is 20.4. The summed E-state index contributed by atoms with van der Waals surface area (Å²) in [5.74, 6) is -0.797. The molecule has 0 bridgehead atoms. The first-order chi connectivity index (χ1) is 18.3. The van der Waals surface area contributed by atoms with Crippen LogP contribution in [0.4, 0.5) is 8.78 Å². The zero-order valence-corrected chi connectivity index (χ0v) is 20.4. The highest BCUT2D eigenvalue weighted by molar-refractivity contribution is 5.98. The van der Waals surface area contributed by atoms with E-state index < -0.39 is 23.0 Å². The van der Waals surface area contributed by atoms with E-state index >= 15 is 0 Å². The number of aryl methyl sites for hydroxylation is 1. The van der Waals surface area contributed by atoms with E-state index in [1.54, 1.807) is 31.2 Å². The van der Waals surface area contributed by atoms with Crippen LogP contribution in [0, 0.1) is 18.6 Å². The Bertz CT molecular complexity index is 1730. The molecule has 0 atom stereocenters. The van der Waals surface area contributed by atoms with Crippen molar-refractivity contribution in [1.82, 2.24) is 14.5 Å². The number of rotatable bonds is 7. The molecular weight excluding hydrogens is 492 g/mol. The summed E-state index contributed by atoms with van der Waals surface area (Å²) >= 11 is 0. The second kappa shape index (κ2) is 10.2. The molecule has 2 aromatic carbocycles. The third-order valence-corrected chi connectivity index (χ3v) is 6.02. The molecule has 0 N–H and O–H groups in total. The molecule has 0 saturated carbocycles. The maximum Gasteiger partial charge on any atom is 0.266 e. The van der Waals surface area contributed by atoms with Gasteiger partial charge in [0.15, 0.2) is 23.1 Å². The number of hydrogen-bond donors (Lipinski definition) is 0. The van der Waals surface area contributed by atoms with Gasteiger partial charge in [0.25, 0.3) is 5.56 Å². The number of fused-ring (bicyclic) bond motifs is 1. The van der Waals surface area contributed by atoms with Crippen molar-refractivity contribution < 1.29 is 23.0 Å². The van der Waals surface area contributed by atoms with Gasteiger partial charge < -0.3 is 9.47 Å². The van der Waals surface area contributed by atoms with Crippen molar-refractivity contribution in [1.29, 1.82) is 0 Å². The lowest BCUT2D eigenvalue weighted by Crippen LogP contribution is -2.27. The highest BCUT2D eigenvalue weighted by Crippen LogP contribution is 2.31. The maximum absolute atomic E-state index is 15.0. The second-order valence-electron chi connectivity index (χ2n) is 8.54. The van der Waals surface area contributed by atoms with Crippen molar-refractivity contribution in [3.05, 3.63) is 118 Å². The van der Waals surface area contributed by atoms with Crippen LogP contribution in [-0.2, 0) is 6.42 Å². The van der Waals surface area contributed by atoms with Crippen LogP contribution in [0.1, 0.15) is 21.5 Å².